The molecule has 0 bridgehead atoms. The van der Waals surface area contributed by atoms with Crippen molar-refractivity contribution in [3.63, 3.8) is 0 Å². The zero-order chi connectivity index (χ0) is 15.4. The predicted octanol–water partition coefficient (Wildman–Crippen LogP) is 3.35. The molecule has 0 aliphatic carbocycles. The van der Waals surface area contributed by atoms with E-state index in [1.54, 1.807) is 6.07 Å². The summed E-state index contributed by atoms with van der Waals surface area (Å²) in [6.45, 7) is 2.66. The number of aryl methyl sites for hydroxylation is 1. The van der Waals surface area contributed by atoms with Crippen LogP contribution >= 0.6 is 0 Å². The van der Waals surface area contributed by atoms with Gasteiger partial charge in [-0.25, -0.2) is 0 Å². The number of carbonyl (C=O) groups excluding carboxylic acids is 1. The Morgan fingerprint density at radius 3 is 2.57 bits per heavy atom. The molecule has 0 radical (unpaired) electrons. The molecule has 0 unspecified atom stereocenters. The molecule has 5 nitrogen and oxygen atoms in total. The Bertz CT molecular complexity index is 683. The summed E-state index contributed by atoms with van der Waals surface area (Å²) in [5.41, 5.74) is 3.23. The molecule has 5 heteroatoms. The summed E-state index contributed by atoms with van der Waals surface area (Å²) in [4.78, 5) is 23.3. The van der Waals surface area contributed by atoms with E-state index in [9.17, 15) is 14.9 Å². The number of carbonyl (C=O) groups is 1. The molecule has 0 amide bonds. The van der Waals surface area contributed by atoms with Crippen LogP contribution in [0.15, 0.2) is 42.5 Å². The number of aldehydes is 1. The number of rotatable bonds is 5. The Morgan fingerprint density at radius 1 is 1.24 bits per heavy atom. The summed E-state index contributed by atoms with van der Waals surface area (Å²) in [6.07, 6.45) is 0.649. The highest BCUT2D eigenvalue weighted by molar-refractivity contribution is 5.85. The Labute approximate surface area is 123 Å². The molecule has 0 aliphatic heterocycles. The standard InChI is InChI=1S/C16H16N2O3/c1-12-5-3-4-6-13(12)10-17(2)16-8-7-15(18(20)21)9-14(16)11-19/h3-9,11H,10H2,1-2H3. The molecule has 0 aromatic heterocycles. The third-order valence-electron chi connectivity index (χ3n) is 3.43. The SMILES string of the molecule is Cc1ccccc1CN(C)c1ccc([N+](=O)[O-])cc1C=O. The first-order valence-corrected chi connectivity index (χ1v) is 6.52. The van der Waals surface area contributed by atoms with E-state index >= 15 is 0 Å². The lowest BCUT2D eigenvalue weighted by atomic mass is 10.1. The highest BCUT2D eigenvalue weighted by atomic mass is 16.6. The molecule has 2 aromatic carbocycles. The van der Waals surface area contributed by atoms with Gasteiger partial charge in [0, 0.05) is 37.0 Å². The molecule has 0 saturated carbocycles. The van der Waals surface area contributed by atoms with Crippen molar-refractivity contribution in [2.75, 3.05) is 11.9 Å². The van der Waals surface area contributed by atoms with E-state index < -0.39 is 4.92 Å². The van der Waals surface area contributed by atoms with Crippen molar-refractivity contribution in [2.45, 2.75) is 13.5 Å². The summed E-state index contributed by atoms with van der Waals surface area (Å²) in [7, 11) is 1.86. The van der Waals surface area contributed by atoms with Crippen LogP contribution in [0.4, 0.5) is 11.4 Å². The van der Waals surface area contributed by atoms with Crippen LogP contribution in [-0.2, 0) is 6.54 Å². The van der Waals surface area contributed by atoms with Gasteiger partial charge in [-0.05, 0) is 24.1 Å². The minimum absolute atomic E-state index is 0.0786. The molecule has 2 rings (SSSR count). The van der Waals surface area contributed by atoms with Crippen LogP contribution in [0.3, 0.4) is 0 Å². The lowest BCUT2D eigenvalue weighted by Crippen LogP contribution is -2.18. The normalized spacial score (nSPS) is 10.2. The average molecular weight is 284 g/mol. The number of anilines is 1. The second-order valence-corrected chi connectivity index (χ2v) is 4.90. The van der Waals surface area contributed by atoms with E-state index in [2.05, 4.69) is 0 Å². The van der Waals surface area contributed by atoms with Crippen LogP contribution in [0.1, 0.15) is 21.5 Å². The van der Waals surface area contributed by atoms with Crippen molar-refractivity contribution < 1.29 is 9.72 Å². The summed E-state index contributed by atoms with van der Waals surface area (Å²) in [5, 5.41) is 10.8. The van der Waals surface area contributed by atoms with Crippen LogP contribution in [-0.4, -0.2) is 18.3 Å². The second-order valence-electron chi connectivity index (χ2n) is 4.90. The molecule has 0 heterocycles. The topological polar surface area (TPSA) is 63.4 Å². The molecular formula is C16H16N2O3. The molecule has 2 aromatic rings. The molecule has 0 atom stereocenters. The lowest BCUT2D eigenvalue weighted by molar-refractivity contribution is -0.384. The summed E-state index contributed by atoms with van der Waals surface area (Å²) in [6, 6.07) is 12.3. The highest BCUT2D eigenvalue weighted by Gasteiger charge is 2.13. The van der Waals surface area contributed by atoms with Crippen LogP contribution in [0.25, 0.3) is 0 Å². The number of non-ortho nitro benzene ring substituents is 1. The van der Waals surface area contributed by atoms with Crippen molar-refractivity contribution in [3.8, 4) is 0 Å². The van der Waals surface area contributed by atoms with Gasteiger partial charge in [-0.3, -0.25) is 14.9 Å². The minimum atomic E-state index is -0.502. The highest BCUT2D eigenvalue weighted by Crippen LogP contribution is 2.25. The number of hydrogen-bond donors (Lipinski definition) is 0. The lowest BCUT2D eigenvalue weighted by Gasteiger charge is -2.21. The van der Waals surface area contributed by atoms with Gasteiger partial charge in [-0.15, -0.1) is 0 Å². The van der Waals surface area contributed by atoms with E-state index in [-0.39, 0.29) is 5.69 Å². The van der Waals surface area contributed by atoms with Crippen molar-refractivity contribution in [2.24, 2.45) is 0 Å². The number of nitro benzene ring substituents is 1. The van der Waals surface area contributed by atoms with Gasteiger partial charge < -0.3 is 4.90 Å². The summed E-state index contributed by atoms with van der Waals surface area (Å²) < 4.78 is 0. The van der Waals surface area contributed by atoms with Crippen LogP contribution in [0.5, 0.6) is 0 Å². The largest absolute Gasteiger partial charge is 0.370 e. The Kier molecular flexibility index (Phi) is 4.33. The van der Waals surface area contributed by atoms with Gasteiger partial charge in [0.15, 0.2) is 6.29 Å². The van der Waals surface area contributed by atoms with Gasteiger partial charge in [0.2, 0.25) is 0 Å². The molecule has 0 spiro atoms. The van der Waals surface area contributed by atoms with Gasteiger partial charge in [-0.2, -0.15) is 0 Å². The summed E-state index contributed by atoms with van der Waals surface area (Å²) >= 11 is 0. The van der Waals surface area contributed by atoms with Crippen molar-refractivity contribution in [1.29, 1.82) is 0 Å². The van der Waals surface area contributed by atoms with E-state index in [1.165, 1.54) is 17.7 Å². The number of benzene rings is 2. The first-order valence-electron chi connectivity index (χ1n) is 6.52. The third-order valence-corrected chi connectivity index (χ3v) is 3.43. The van der Waals surface area contributed by atoms with Gasteiger partial charge in [0.1, 0.15) is 0 Å². The molecule has 108 valence electrons. The number of nitro groups is 1. The summed E-state index contributed by atoms with van der Waals surface area (Å²) in [5.74, 6) is 0. The van der Waals surface area contributed by atoms with Crippen molar-refractivity contribution in [1.82, 2.24) is 0 Å². The maximum Gasteiger partial charge on any atom is 0.270 e. The van der Waals surface area contributed by atoms with E-state index in [0.29, 0.717) is 24.1 Å². The first kappa shape index (κ1) is 14.7. The van der Waals surface area contributed by atoms with E-state index in [1.807, 2.05) is 43.1 Å². The Morgan fingerprint density at radius 2 is 1.95 bits per heavy atom. The monoisotopic (exact) mass is 284 g/mol. The smallest absolute Gasteiger partial charge is 0.270 e. The molecular weight excluding hydrogens is 268 g/mol. The fourth-order valence-corrected chi connectivity index (χ4v) is 2.23. The zero-order valence-corrected chi connectivity index (χ0v) is 11.9. The van der Waals surface area contributed by atoms with Crippen LogP contribution in [0.2, 0.25) is 0 Å². The second kappa shape index (κ2) is 6.17. The van der Waals surface area contributed by atoms with Crippen LogP contribution in [0, 0.1) is 17.0 Å². The Balaban J connectivity index is 2.31. The average Bonchev–Trinajstić information content (AvgIpc) is 2.48. The van der Waals surface area contributed by atoms with Crippen LogP contribution < -0.4 is 4.90 Å². The molecule has 21 heavy (non-hydrogen) atoms. The first-order chi connectivity index (χ1) is 10.0. The van der Waals surface area contributed by atoms with E-state index in [4.69, 9.17) is 0 Å². The molecule has 0 saturated heterocycles. The van der Waals surface area contributed by atoms with Gasteiger partial charge in [0.25, 0.3) is 5.69 Å². The quantitative estimate of drug-likeness (QED) is 0.480. The molecule has 0 fully saturated rings. The van der Waals surface area contributed by atoms with Gasteiger partial charge in [-0.1, -0.05) is 24.3 Å². The Hall–Kier alpha value is -2.69. The maximum atomic E-state index is 11.2. The predicted molar refractivity (Wildman–Crippen MR) is 81.8 cm³/mol. The zero-order valence-electron chi connectivity index (χ0n) is 11.9. The van der Waals surface area contributed by atoms with Crippen molar-refractivity contribution in [3.05, 3.63) is 69.3 Å². The molecule has 0 N–H and O–H groups in total. The fourth-order valence-electron chi connectivity index (χ4n) is 2.23. The third kappa shape index (κ3) is 3.25. The number of hydrogen-bond acceptors (Lipinski definition) is 4. The van der Waals surface area contributed by atoms with Gasteiger partial charge in [0.05, 0.1) is 4.92 Å². The van der Waals surface area contributed by atoms with Gasteiger partial charge >= 0.3 is 0 Å². The maximum absolute atomic E-state index is 11.2. The minimum Gasteiger partial charge on any atom is -0.370 e. The van der Waals surface area contributed by atoms with E-state index in [0.717, 1.165) is 5.56 Å². The number of nitrogens with zero attached hydrogens (tertiary/aromatic N) is 2. The van der Waals surface area contributed by atoms with Crippen molar-refractivity contribution >= 4 is 17.7 Å². The molecule has 0 aliphatic rings. The fraction of sp³-hybridized carbons (Fsp3) is 0.188.